The normalized spacial score (nSPS) is 12.4. The minimum atomic E-state index is -0.796. The molecule has 2 heterocycles. The van der Waals surface area contributed by atoms with Crippen LogP contribution in [-0.4, -0.2) is 25.5 Å². The molecular formula is C17H13F2N3O3. The Balaban J connectivity index is 2.28. The molecule has 0 aliphatic carbocycles. The summed E-state index contributed by atoms with van der Waals surface area (Å²) in [5, 5.41) is 14.1. The molecule has 0 unspecified atom stereocenters. The molecule has 0 fully saturated rings. The smallest absolute Gasteiger partial charge is 0.195 e. The molecule has 3 aromatic rings. The third-order valence-electron chi connectivity index (χ3n) is 3.67. The summed E-state index contributed by atoms with van der Waals surface area (Å²) >= 11 is 0. The lowest BCUT2D eigenvalue weighted by molar-refractivity contribution is -0.116. The van der Waals surface area contributed by atoms with Crippen molar-refractivity contribution < 1.29 is 18.7 Å². The number of ketones is 1. The summed E-state index contributed by atoms with van der Waals surface area (Å²) in [6.07, 6.45) is 1.22. The summed E-state index contributed by atoms with van der Waals surface area (Å²) < 4.78 is 28.2. The number of aliphatic hydroxyl groups excluding tert-OH is 1. The predicted octanol–water partition coefficient (Wildman–Crippen LogP) is 1.79. The van der Waals surface area contributed by atoms with E-state index < -0.39 is 17.1 Å². The van der Waals surface area contributed by atoms with Crippen LogP contribution in [0.3, 0.4) is 0 Å². The lowest BCUT2D eigenvalue weighted by atomic mass is 10.1. The summed E-state index contributed by atoms with van der Waals surface area (Å²) in [6.45, 7) is 1.37. The fourth-order valence-electron chi connectivity index (χ4n) is 2.55. The molecule has 0 bridgehead atoms. The number of aliphatic hydroxyl groups is 1. The predicted molar refractivity (Wildman–Crippen MR) is 85.8 cm³/mol. The molecule has 6 nitrogen and oxygen atoms in total. The Morgan fingerprint density at radius 2 is 1.84 bits per heavy atom. The van der Waals surface area contributed by atoms with Gasteiger partial charge in [-0.1, -0.05) is 0 Å². The van der Waals surface area contributed by atoms with Gasteiger partial charge in [-0.25, -0.2) is 18.3 Å². The number of fused-ring (bicyclic) bond motifs is 1. The van der Waals surface area contributed by atoms with Gasteiger partial charge in [0.15, 0.2) is 11.1 Å². The molecule has 25 heavy (non-hydrogen) atoms. The van der Waals surface area contributed by atoms with E-state index >= 15 is 0 Å². The molecule has 0 atom stereocenters. The number of carbonyl (C=O) groups is 1. The van der Waals surface area contributed by atoms with Gasteiger partial charge >= 0.3 is 0 Å². The third-order valence-corrected chi connectivity index (χ3v) is 3.67. The van der Waals surface area contributed by atoms with E-state index in [1.54, 1.807) is 0 Å². The number of rotatable bonds is 4. The number of nitrogens with zero attached hydrogens (tertiary/aromatic N) is 3. The van der Waals surface area contributed by atoms with Gasteiger partial charge in [0.25, 0.3) is 0 Å². The zero-order valence-electron chi connectivity index (χ0n) is 13.2. The first kappa shape index (κ1) is 16.7. The first-order valence-corrected chi connectivity index (χ1v) is 7.41. The molecule has 2 aromatic heterocycles. The Labute approximate surface area is 140 Å². The van der Waals surface area contributed by atoms with Crippen LogP contribution in [0.15, 0.2) is 35.4 Å². The zero-order chi connectivity index (χ0) is 18.1. The third kappa shape index (κ3) is 3.23. The summed E-state index contributed by atoms with van der Waals surface area (Å²) in [4.78, 5) is 27.5. The number of hydrogen-bond acceptors (Lipinski definition) is 5. The van der Waals surface area contributed by atoms with Gasteiger partial charge in [-0.2, -0.15) is 5.10 Å². The second kappa shape index (κ2) is 6.39. The van der Waals surface area contributed by atoms with Crippen molar-refractivity contribution >= 4 is 17.2 Å². The van der Waals surface area contributed by atoms with Crippen LogP contribution < -0.4 is 10.6 Å². The monoisotopic (exact) mass is 345 g/mol. The van der Waals surface area contributed by atoms with Crippen molar-refractivity contribution in [3.05, 3.63) is 57.7 Å². The number of halogens is 2. The summed E-state index contributed by atoms with van der Waals surface area (Å²) in [5.74, 6) is -2.01. The number of hydrogen-bond donors (Lipinski definition) is 1. The van der Waals surface area contributed by atoms with Crippen LogP contribution in [0.1, 0.15) is 19.8 Å². The van der Waals surface area contributed by atoms with Gasteiger partial charge in [-0.05, 0) is 19.1 Å². The van der Waals surface area contributed by atoms with Crippen LogP contribution in [0.5, 0.6) is 0 Å². The number of Topliss-reactive ketones (excluding diaryl/α,β-unsaturated/α-hetero) is 1. The molecule has 0 spiro atoms. The molecule has 8 heteroatoms. The highest BCUT2D eigenvalue weighted by Gasteiger charge is 2.14. The van der Waals surface area contributed by atoms with Crippen molar-refractivity contribution in [2.75, 3.05) is 0 Å². The zero-order valence-corrected chi connectivity index (χ0v) is 13.2. The Morgan fingerprint density at radius 3 is 2.48 bits per heavy atom. The second-order valence-electron chi connectivity index (χ2n) is 5.57. The highest BCUT2D eigenvalue weighted by atomic mass is 19.1. The van der Waals surface area contributed by atoms with Crippen molar-refractivity contribution in [2.45, 2.75) is 19.8 Å². The van der Waals surface area contributed by atoms with Crippen LogP contribution in [-0.2, 0) is 4.79 Å². The van der Waals surface area contributed by atoms with Crippen molar-refractivity contribution in [3.8, 4) is 11.3 Å². The molecule has 0 saturated carbocycles. The van der Waals surface area contributed by atoms with E-state index in [0.717, 1.165) is 30.6 Å². The van der Waals surface area contributed by atoms with Gasteiger partial charge in [0.2, 0.25) is 0 Å². The van der Waals surface area contributed by atoms with E-state index in [-0.39, 0.29) is 46.5 Å². The van der Waals surface area contributed by atoms with Gasteiger partial charge in [0.1, 0.15) is 34.7 Å². The maximum atomic E-state index is 13.5. The van der Waals surface area contributed by atoms with Gasteiger partial charge in [-0.3, -0.25) is 4.79 Å². The van der Waals surface area contributed by atoms with E-state index in [4.69, 9.17) is 0 Å². The van der Waals surface area contributed by atoms with Crippen molar-refractivity contribution in [1.82, 2.24) is 14.6 Å². The SMILES string of the molecule is CC(=O)CC/C(O)=c1\c(=O)cc(-c2cc(F)cc(F)c2)n2ncnc12. The van der Waals surface area contributed by atoms with Crippen LogP contribution in [0, 0.1) is 11.6 Å². The number of aromatic nitrogens is 3. The van der Waals surface area contributed by atoms with E-state index in [2.05, 4.69) is 10.1 Å². The van der Waals surface area contributed by atoms with Gasteiger partial charge in [0, 0.05) is 30.5 Å². The van der Waals surface area contributed by atoms with Gasteiger partial charge in [0.05, 0.1) is 5.69 Å². The molecule has 0 aliphatic heterocycles. The molecule has 3 rings (SSSR count). The molecule has 0 amide bonds. The second-order valence-corrected chi connectivity index (χ2v) is 5.57. The lowest BCUT2D eigenvalue weighted by Gasteiger charge is -2.06. The first-order valence-electron chi connectivity index (χ1n) is 7.41. The Hall–Kier alpha value is -3.16. The maximum absolute atomic E-state index is 13.5. The highest BCUT2D eigenvalue weighted by Crippen LogP contribution is 2.20. The summed E-state index contributed by atoms with van der Waals surface area (Å²) in [5.41, 5.74) is -0.284. The first-order chi connectivity index (χ1) is 11.9. The Kier molecular flexibility index (Phi) is 4.26. The quantitative estimate of drug-likeness (QED) is 0.779. The van der Waals surface area contributed by atoms with E-state index in [9.17, 15) is 23.5 Å². The van der Waals surface area contributed by atoms with Gasteiger partial charge < -0.3 is 9.90 Å². The van der Waals surface area contributed by atoms with E-state index in [1.165, 1.54) is 11.4 Å². The number of carbonyl (C=O) groups excluding carboxylic acids is 1. The lowest BCUT2D eigenvalue weighted by Crippen LogP contribution is -2.30. The van der Waals surface area contributed by atoms with Crippen LogP contribution in [0.4, 0.5) is 8.78 Å². The van der Waals surface area contributed by atoms with Crippen molar-refractivity contribution in [1.29, 1.82) is 0 Å². The van der Waals surface area contributed by atoms with Crippen molar-refractivity contribution in [3.63, 3.8) is 0 Å². The molecule has 0 aliphatic rings. The Morgan fingerprint density at radius 1 is 1.16 bits per heavy atom. The maximum Gasteiger partial charge on any atom is 0.195 e. The van der Waals surface area contributed by atoms with Gasteiger partial charge in [-0.15, -0.1) is 0 Å². The molecule has 128 valence electrons. The number of benzene rings is 1. The molecular weight excluding hydrogens is 332 g/mol. The average Bonchev–Trinajstić information content (AvgIpc) is 2.99. The molecule has 1 aromatic carbocycles. The largest absolute Gasteiger partial charge is 0.511 e. The van der Waals surface area contributed by atoms with Crippen LogP contribution >= 0.6 is 0 Å². The molecule has 0 radical (unpaired) electrons. The fraction of sp³-hybridized carbons (Fsp3) is 0.176. The minimum Gasteiger partial charge on any atom is -0.511 e. The standard InChI is InChI=1S/C17H13F2N3O3/c1-9(23)2-3-14(24)16-15(25)7-13(22-17(16)20-8-21-22)10-4-11(18)6-12(19)5-10/h4-8,24H,2-3H2,1H3/b16-14-. The topological polar surface area (TPSA) is 84.6 Å². The number of pyridine rings is 1. The van der Waals surface area contributed by atoms with Crippen LogP contribution in [0.25, 0.3) is 22.7 Å². The minimum absolute atomic E-state index is 0.0129. The average molecular weight is 345 g/mol. The van der Waals surface area contributed by atoms with E-state index in [1.807, 2.05) is 0 Å². The molecule has 0 saturated heterocycles. The molecule has 1 N–H and O–H groups in total. The summed E-state index contributed by atoms with van der Waals surface area (Å²) in [6, 6.07) is 3.97. The summed E-state index contributed by atoms with van der Waals surface area (Å²) in [7, 11) is 0. The fourth-order valence-corrected chi connectivity index (χ4v) is 2.55. The highest BCUT2D eigenvalue weighted by molar-refractivity contribution is 5.76. The van der Waals surface area contributed by atoms with Crippen molar-refractivity contribution in [2.24, 2.45) is 0 Å². The van der Waals surface area contributed by atoms with Crippen LogP contribution in [0.2, 0.25) is 0 Å². The Bertz CT molecular complexity index is 1070. The van der Waals surface area contributed by atoms with E-state index in [0.29, 0.717) is 0 Å².